The van der Waals surface area contributed by atoms with Crippen LogP contribution in [0.15, 0.2) is 83.8 Å². The SMILES string of the molecule is Cc1ccc(OC[C@@H](C)NC(=O)c2cccc(S(=O)(=O)Nc3ccccc3)c2)cc1. The minimum Gasteiger partial charge on any atom is -0.491 e. The minimum atomic E-state index is -3.80. The molecule has 156 valence electrons. The van der Waals surface area contributed by atoms with Gasteiger partial charge >= 0.3 is 0 Å². The van der Waals surface area contributed by atoms with E-state index in [1.54, 1.807) is 42.5 Å². The quantitative estimate of drug-likeness (QED) is 0.573. The van der Waals surface area contributed by atoms with Crippen LogP contribution in [0.3, 0.4) is 0 Å². The number of carbonyl (C=O) groups excluding carboxylic acids is 1. The molecule has 0 radical (unpaired) electrons. The molecule has 0 unspecified atom stereocenters. The Kier molecular flexibility index (Phi) is 6.74. The number of carbonyl (C=O) groups is 1. The van der Waals surface area contributed by atoms with Crippen LogP contribution in [-0.2, 0) is 10.0 Å². The maximum Gasteiger partial charge on any atom is 0.261 e. The summed E-state index contributed by atoms with van der Waals surface area (Å²) in [6.07, 6.45) is 0. The van der Waals surface area contributed by atoms with Crippen molar-refractivity contribution in [3.05, 3.63) is 90.0 Å². The third kappa shape index (κ3) is 5.84. The summed E-state index contributed by atoms with van der Waals surface area (Å²) in [6.45, 7) is 4.11. The van der Waals surface area contributed by atoms with Gasteiger partial charge in [0.25, 0.3) is 15.9 Å². The highest BCUT2D eigenvalue weighted by molar-refractivity contribution is 7.92. The van der Waals surface area contributed by atoms with E-state index in [1.165, 1.54) is 12.1 Å². The smallest absolute Gasteiger partial charge is 0.261 e. The van der Waals surface area contributed by atoms with E-state index in [4.69, 9.17) is 4.74 Å². The molecule has 0 aliphatic heterocycles. The number of sulfonamides is 1. The van der Waals surface area contributed by atoms with E-state index in [9.17, 15) is 13.2 Å². The van der Waals surface area contributed by atoms with Gasteiger partial charge in [-0.25, -0.2) is 8.42 Å². The predicted octanol–water partition coefficient (Wildman–Crippen LogP) is 3.99. The third-order valence-electron chi connectivity index (χ3n) is 4.33. The molecule has 30 heavy (non-hydrogen) atoms. The van der Waals surface area contributed by atoms with Crippen LogP contribution in [0.5, 0.6) is 5.75 Å². The van der Waals surface area contributed by atoms with Crippen LogP contribution >= 0.6 is 0 Å². The standard InChI is InChI=1S/C23H24N2O4S/c1-17-11-13-21(14-12-17)29-16-18(2)24-23(26)19-7-6-10-22(15-19)30(27,28)25-20-8-4-3-5-9-20/h3-15,18,25H,16H2,1-2H3,(H,24,26)/t18-/m1/s1. The molecule has 0 aliphatic rings. The van der Waals surface area contributed by atoms with Crippen molar-refractivity contribution < 1.29 is 17.9 Å². The zero-order chi connectivity index (χ0) is 21.6. The van der Waals surface area contributed by atoms with Gasteiger partial charge in [-0.3, -0.25) is 9.52 Å². The number of aryl methyl sites for hydroxylation is 1. The minimum absolute atomic E-state index is 0.0163. The van der Waals surface area contributed by atoms with Crippen LogP contribution in [-0.4, -0.2) is 27.0 Å². The summed E-state index contributed by atoms with van der Waals surface area (Å²) in [5, 5.41) is 2.83. The summed E-state index contributed by atoms with van der Waals surface area (Å²) in [5.41, 5.74) is 1.85. The van der Waals surface area contributed by atoms with Crippen molar-refractivity contribution in [1.29, 1.82) is 0 Å². The van der Waals surface area contributed by atoms with Gasteiger partial charge in [-0.2, -0.15) is 0 Å². The third-order valence-corrected chi connectivity index (χ3v) is 5.71. The van der Waals surface area contributed by atoms with E-state index in [0.717, 1.165) is 11.3 Å². The van der Waals surface area contributed by atoms with Crippen LogP contribution in [0.4, 0.5) is 5.69 Å². The Morgan fingerprint density at radius 2 is 1.67 bits per heavy atom. The van der Waals surface area contributed by atoms with Crippen molar-refractivity contribution in [2.45, 2.75) is 24.8 Å². The molecule has 0 fully saturated rings. The molecule has 1 amide bonds. The highest BCUT2D eigenvalue weighted by Gasteiger charge is 2.17. The first kappa shape index (κ1) is 21.4. The monoisotopic (exact) mass is 424 g/mol. The van der Waals surface area contributed by atoms with Gasteiger partial charge in [-0.15, -0.1) is 0 Å². The number of amides is 1. The molecule has 0 aliphatic carbocycles. The van der Waals surface area contributed by atoms with Gasteiger partial charge < -0.3 is 10.1 Å². The van der Waals surface area contributed by atoms with Crippen LogP contribution < -0.4 is 14.8 Å². The number of ether oxygens (including phenoxy) is 1. The highest BCUT2D eigenvalue weighted by atomic mass is 32.2. The number of nitrogens with one attached hydrogen (secondary N) is 2. The molecule has 3 rings (SSSR count). The molecule has 0 bridgehead atoms. The molecule has 2 N–H and O–H groups in total. The van der Waals surface area contributed by atoms with Crippen LogP contribution in [0.1, 0.15) is 22.8 Å². The van der Waals surface area contributed by atoms with Crippen LogP contribution in [0.2, 0.25) is 0 Å². The molecule has 7 heteroatoms. The summed E-state index contributed by atoms with van der Waals surface area (Å²) < 4.78 is 33.4. The zero-order valence-corrected chi connectivity index (χ0v) is 17.6. The number of hydrogen-bond donors (Lipinski definition) is 2. The van der Waals surface area contributed by atoms with Gasteiger partial charge in [0.1, 0.15) is 12.4 Å². The summed E-state index contributed by atoms with van der Waals surface area (Å²) in [7, 11) is -3.80. The van der Waals surface area contributed by atoms with E-state index in [1.807, 2.05) is 38.1 Å². The summed E-state index contributed by atoms with van der Waals surface area (Å²) in [5.74, 6) is 0.355. The number of para-hydroxylation sites is 1. The Hall–Kier alpha value is -3.32. The Balaban J connectivity index is 1.63. The molecule has 1 atom stereocenters. The van der Waals surface area contributed by atoms with E-state index < -0.39 is 10.0 Å². The molecule has 3 aromatic rings. The Morgan fingerprint density at radius 3 is 2.37 bits per heavy atom. The van der Waals surface area contributed by atoms with E-state index >= 15 is 0 Å². The first-order valence-corrected chi connectivity index (χ1v) is 11.0. The van der Waals surface area contributed by atoms with Crippen molar-refractivity contribution in [3.63, 3.8) is 0 Å². The zero-order valence-electron chi connectivity index (χ0n) is 16.8. The van der Waals surface area contributed by atoms with E-state index in [-0.39, 0.29) is 22.4 Å². The van der Waals surface area contributed by atoms with Crippen LogP contribution in [0, 0.1) is 6.92 Å². The first-order valence-electron chi connectivity index (χ1n) is 9.52. The normalized spacial score (nSPS) is 12.1. The average molecular weight is 425 g/mol. The van der Waals surface area contributed by atoms with E-state index in [2.05, 4.69) is 10.0 Å². The lowest BCUT2D eigenvalue weighted by molar-refractivity contribution is 0.0926. The number of anilines is 1. The second kappa shape index (κ2) is 9.45. The molecule has 0 saturated heterocycles. The Morgan fingerprint density at radius 1 is 0.967 bits per heavy atom. The van der Waals surface area contributed by atoms with Gasteiger partial charge in [0.15, 0.2) is 0 Å². The second-order valence-corrected chi connectivity index (χ2v) is 8.68. The van der Waals surface area contributed by atoms with Gasteiger partial charge in [-0.05, 0) is 56.3 Å². The van der Waals surface area contributed by atoms with E-state index in [0.29, 0.717) is 12.3 Å². The van der Waals surface area contributed by atoms with Crippen molar-refractivity contribution in [3.8, 4) is 5.75 Å². The van der Waals surface area contributed by atoms with Gasteiger partial charge in [0.05, 0.1) is 10.9 Å². The van der Waals surface area contributed by atoms with Crippen molar-refractivity contribution in [2.75, 3.05) is 11.3 Å². The molecule has 6 nitrogen and oxygen atoms in total. The van der Waals surface area contributed by atoms with Gasteiger partial charge in [0, 0.05) is 11.3 Å². The number of benzene rings is 3. The van der Waals surface area contributed by atoms with Crippen molar-refractivity contribution in [2.24, 2.45) is 0 Å². The van der Waals surface area contributed by atoms with Crippen LogP contribution in [0.25, 0.3) is 0 Å². The molecule has 3 aromatic carbocycles. The van der Waals surface area contributed by atoms with Crippen molar-refractivity contribution >= 4 is 21.6 Å². The van der Waals surface area contributed by atoms with Gasteiger partial charge in [0.2, 0.25) is 0 Å². The molecule has 0 saturated carbocycles. The maximum atomic E-state index is 12.6. The average Bonchev–Trinajstić information content (AvgIpc) is 2.74. The molecular formula is C23H24N2O4S. The predicted molar refractivity (Wildman–Crippen MR) is 117 cm³/mol. The number of rotatable bonds is 8. The fraction of sp³-hybridized carbons (Fsp3) is 0.174. The van der Waals surface area contributed by atoms with Crippen molar-refractivity contribution in [1.82, 2.24) is 5.32 Å². The Bertz CT molecular complexity index is 1100. The lowest BCUT2D eigenvalue weighted by Gasteiger charge is -2.16. The summed E-state index contributed by atoms with van der Waals surface area (Å²) in [6, 6.07) is 21.9. The molecule has 0 heterocycles. The largest absolute Gasteiger partial charge is 0.491 e. The summed E-state index contributed by atoms with van der Waals surface area (Å²) >= 11 is 0. The molecule has 0 spiro atoms. The molecule has 0 aromatic heterocycles. The lowest BCUT2D eigenvalue weighted by atomic mass is 10.2. The fourth-order valence-electron chi connectivity index (χ4n) is 2.73. The number of hydrogen-bond acceptors (Lipinski definition) is 4. The lowest BCUT2D eigenvalue weighted by Crippen LogP contribution is -2.36. The Labute approximate surface area is 177 Å². The fourth-order valence-corrected chi connectivity index (χ4v) is 3.83. The molecular weight excluding hydrogens is 400 g/mol. The van der Waals surface area contributed by atoms with Gasteiger partial charge in [-0.1, -0.05) is 42.0 Å². The topological polar surface area (TPSA) is 84.5 Å². The first-order chi connectivity index (χ1) is 14.3. The maximum absolute atomic E-state index is 12.6. The summed E-state index contributed by atoms with van der Waals surface area (Å²) in [4.78, 5) is 12.6. The second-order valence-electron chi connectivity index (χ2n) is 7.00. The highest BCUT2D eigenvalue weighted by Crippen LogP contribution is 2.17.